The summed E-state index contributed by atoms with van der Waals surface area (Å²) in [6, 6.07) is 16.1. The molecule has 4 aromatic rings. The van der Waals surface area contributed by atoms with Crippen molar-refractivity contribution in [1.29, 1.82) is 0 Å². The van der Waals surface area contributed by atoms with Crippen molar-refractivity contribution in [2.45, 2.75) is 43.2 Å². The average molecular weight is 587 g/mol. The molecule has 0 fully saturated rings. The molecule has 2 aromatic carbocycles. The summed E-state index contributed by atoms with van der Waals surface area (Å²) in [7, 11) is -3.20. The molecule has 0 aliphatic rings. The van der Waals surface area contributed by atoms with Crippen LogP contribution in [-0.2, 0) is 31.0 Å². The fourth-order valence-corrected chi connectivity index (χ4v) is 6.17. The van der Waals surface area contributed by atoms with E-state index in [1.54, 1.807) is 68.7 Å². The van der Waals surface area contributed by atoms with E-state index in [0.717, 1.165) is 11.1 Å². The molecule has 0 saturated heterocycles. The van der Waals surface area contributed by atoms with Crippen LogP contribution in [0.25, 0.3) is 11.3 Å². The van der Waals surface area contributed by atoms with Gasteiger partial charge >= 0.3 is 7.60 Å². The van der Waals surface area contributed by atoms with Crippen molar-refractivity contribution < 1.29 is 22.8 Å². The van der Waals surface area contributed by atoms with E-state index in [9.17, 15) is 9.36 Å². The standard InChI is InChI=1S/C27H28ClN4O5PS/c1-3-35-38(34,36-4-2)18-19-6-12-22(13-7-19)31-24(33)15-14-23-25(20-8-10-21(28)11-9-20)32-27(37-23)39-26-29-16-5-17-30-26/h5-13,16-17H,3-4,14-15,18H2,1-2H3,(H,31,33). The summed E-state index contributed by atoms with van der Waals surface area (Å²) in [5.74, 6) is 0.389. The first-order chi connectivity index (χ1) is 18.9. The third kappa shape index (κ3) is 8.49. The molecule has 2 aromatic heterocycles. The van der Waals surface area contributed by atoms with Gasteiger partial charge in [0.05, 0.1) is 19.4 Å². The molecule has 9 nitrogen and oxygen atoms in total. The van der Waals surface area contributed by atoms with Gasteiger partial charge in [0.1, 0.15) is 11.5 Å². The topological polar surface area (TPSA) is 116 Å². The Labute approximate surface area is 236 Å². The molecule has 0 atom stereocenters. The highest BCUT2D eigenvalue weighted by Gasteiger charge is 2.24. The van der Waals surface area contributed by atoms with Crippen molar-refractivity contribution in [1.82, 2.24) is 15.0 Å². The second kappa shape index (κ2) is 13.9. The zero-order valence-electron chi connectivity index (χ0n) is 21.5. The molecule has 39 heavy (non-hydrogen) atoms. The van der Waals surface area contributed by atoms with Gasteiger partial charge in [0.2, 0.25) is 5.91 Å². The molecule has 1 amide bonds. The molecular weight excluding hydrogens is 559 g/mol. The lowest BCUT2D eigenvalue weighted by molar-refractivity contribution is -0.116. The summed E-state index contributed by atoms with van der Waals surface area (Å²) in [6.45, 7) is 4.16. The number of amides is 1. The van der Waals surface area contributed by atoms with Crippen molar-refractivity contribution in [3.8, 4) is 11.3 Å². The molecule has 1 N–H and O–H groups in total. The second-order valence-corrected chi connectivity index (χ2v) is 11.7. The number of anilines is 1. The first-order valence-electron chi connectivity index (χ1n) is 12.3. The SMILES string of the molecule is CCOP(=O)(Cc1ccc(NC(=O)CCc2oc(Sc3ncccn3)nc2-c2ccc(Cl)cc2)cc1)OCC. The maximum absolute atomic E-state index is 12.8. The summed E-state index contributed by atoms with van der Waals surface area (Å²) in [5.41, 5.74) is 2.88. The van der Waals surface area contributed by atoms with E-state index in [-0.39, 0.29) is 18.5 Å². The summed E-state index contributed by atoms with van der Waals surface area (Å²) in [4.78, 5) is 25.8. The Bertz CT molecular complexity index is 1410. The van der Waals surface area contributed by atoms with E-state index < -0.39 is 7.60 Å². The van der Waals surface area contributed by atoms with Crippen molar-refractivity contribution in [2.75, 3.05) is 18.5 Å². The van der Waals surface area contributed by atoms with Crippen LogP contribution in [0.3, 0.4) is 0 Å². The number of aryl methyl sites for hydroxylation is 1. The average Bonchev–Trinajstić information content (AvgIpc) is 3.32. The van der Waals surface area contributed by atoms with Crippen molar-refractivity contribution in [3.63, 3.8) is 0 Å². The van der Waals surface area contributed by atoms with Crippen molar-refractivity contribution in [3.05, 3.63) is 83.3 Å². The summed E-state index contributed by atoms with van der Waals surface area (Å²) in [6.07, 6.45) is 3.96. The number of hydrogen-bond acceptors (Lipinski definition) is 9. The van der Waals surface area contributed by atoms with E-state index in [0.29, 0.717) is 52.2 Å². The smallest absolute Gasteiger partial charge is 0.335 e. The van der Waals surface area contributed by atoms with Crippen LogP contribution in [0.1, 0.15) is 31.6 Å². The number of carbonyl (C=O) groups excluding carboxylic acids is 1. The quantitative estimate of drug-likeness (QED) is 0.127. The second-order valence-electron chi connectivity index (χ2n) is 8.24. The summed E-state index contributed by atoms with van der Waals surface area (Å²) in [5, 5.41) is 4.39. The van der Waals surface area contributed by atoms with Crippen LogP contribution >= 0.6 is 31.0 Å². The van der Waals surface area contributed by atoms with Crippen LogP contribution in [0.4, 0.5) is 5.69 Å². The van der Waals surface area contributed by atoms with Crippen LogP contribution in [0.5, 0.6) is 0 Å². The Morgan fingerprint density at radius 3 is 2.33 bits per heavy atom. The molecule has 0 spiro atoms. The largest absolute Gasteiger partial charge is 0.436 e. The Kier molecular flexibility index (Phi) is 10.3. The van der Waals surface area contributed by atoms with Crippen LogP contribution in [0.2, 0.25) is 5.02 Å². The van der Waals surface area contributed by atoms with Gasteiger partial charge in [-0.2, -0.15) is 0 Å². The number of rotatable bonds is 13. The van der Waals surface area contributed by atoms with E-state index in [1.165, 1.54) is 11.8 Å². The van der Waals surface area contributed by atoms with E-state index in [1.807, 2.05) is 12.1 Å². The first-order valence-corrected chi connectivity index (χ1v) is 15.3. The lowest BCUT2D eigenvalue weighted by Gasteiger charge is -2.17. The van der Waals surface area contributed by atoms with Crippen LogP contribution < -0.4 is 5.32 Å². The third-order valence-corrected chi connectivity index (χ3v) is 8.41. The van der Waals surface area contributed by atoms with E-state index >= 15 is 0 Å². The highest BCUT2D eigenvalue weighted by Crippen LogP contribution is 2.51. The minimum Gasteiger partial charge on any atom is -0.436 e. The summed E-state index contributed by atoms with van der Waals surface area (Å²) < 4.78 is 29.5. The predicted octanol–water partition coefficient (Wildman–Crippen LogP) is 7.27. The number of nitrogens with one attached hydrogen (secondary N) is 1. The molecule has 0 bridgehead atoms. The molecule has 0 radical (unpaired) electrons. The minimum atomic E-state index is -3.20. The van der Waals surface area contributed by atoms with Crippen molar-refractivity contribution in [2.24, 2.45) is 0 Å². The highest BCUT2D eigenvalue weighted by atomic mass is 35.5. The Hall–Kier alpha value is -3.01. The van der Waals surface area contributed by atoms with Gasteiger partial charge in [0.15, 0.2) is 5.16 Å². The molecular formula is C27H28ClN4O5PS. The Morgan fingerprint density at radius 1 is 1.03 bits per heavy atom. The number of hydrogen-bond donors (Lipinski definition) is 1. The van der Waals surface area contributed by atoms with E-state index in [4.69, 9.17) is 25.1 Å². The number of aromatic nitrogens is 3. The zero-order chi connectivity index (χ0) is 27.7. The van der Waals surface area contributed by atoms with Gasteiger partial charge in [-0.05, 0) is 49.7 Å². The molecule has 4 rings (SSSR count). The van der Waals surface area contributed by atoms with Crippen LogP contribution in [0, 0.1) is 0 Å². The van der Waals surface area contributed by atoms with Gasteiger partial charge in [-0.25, -0.2) is 15.0 Å². The summed E-state index contributed by atoms with van der Waals surface area (Å²) >= 11 is 7.26. The van der Waals surface area contributed by atoms with Gasteiger partial charge in [-0.3, -0.25) is 9.36 Å². The zero-order valence-corrected chi connectivity index (χ0v) is 24.0. The predicted molar refractivity (Wildman–Crippen MR) is 151 cm³/mol. The maximum atomic E-state index is 12.8. The first kappa shape index (κ1) is 29.0. The molecule has 2 heterocycles. The molecule has 0 aliphatic carbocycles. The number of benzene rings is 2. The Balaban J connectivity index is 1.41. The fraction of sp³-hybridized carbons (Fsp3) is 0.259. The normalized spacial score (nSPS) is 11.5. The van der Waals surface area contributed by atoms with Crippen LogP contribution in [-0.4, -0.2) is 34.1 Å². The molecule has 0 saturated carbocycles. The Morgan fingerprint density at radius 2 is 1.69 bits per heavy atom. The lowest BCUT2D eigenvalue weighted by atomic mass is 10.1. The molecule has 204 valence electrons. The number of nitrogens with zero attached hydrogens (tertiary/aromatic N) is 3. The molecule has 0 aliphatic heterocycles. The number of halogens is 1. The maximum Gasteiger partial charge on any atom is 0.335 e. The highest BCUT2D eigenvalue weighted by molar-refractivity contribution is 7.98. The minimum absolute atomic E-state index is 0.163. The number of carbonyl (C=O) groups is 1. The van der Waals surface area contributed by atoms with Gasteiger partial charge in [-0.1, -0.05) is 35.9 Å². The lowest BCUT2D eigenvalue weighted by Crippen LogP contribution is -2.12. The third-order valence-electron chi connectivity index (χ3n) is 5.36. The van der Waals surface area contributed by atoms with Gasteiger partial charge in [0, 0.05) is 53.3 Å². The monoisotopic (exact) mass is 586 g/mol. The number of oxazole rings is 1. The molecule has 0 unspecified atom stereocenters. The fourth-order valence-electron chi connectivity index (χ4n) is 3.68. The van der Waals surface area contributed by atoms with Gasteiger partial charge < -0.3 is 18.8 Å². The van der Waals surface area contributed by atoms with Gasteiger partial charge in [0.25, 0.3) is 5.22 Å². The van der Waals surface area contributed by atoms with Gasteiger partial charge in [-0.15, -0.1) is 0 Å². The van der Waals surface area contributed by atoms with Crippen molar-refractivity contribution >= 4 is 42.6 Å². The molecule has 12 heteroatoms. The van der Waals surface area contributed by atoms with Crippen LogP contribution in [0.15, 0.2) is 81.8 Å². The van der Waals surface area contributed by atoms with E-state index in [2.05, 4.69) is 20.3 Å².